The number of aliphatic hydroxyl groups is 1. The van der Waals surface area contributed by atoms with Gasteiger partial charge in [-0.1, -0.05) is 31.6 Å². The van der Waals surface area contributed by atoms with Crippen LogP contribution in [0.1, 0.15) is 32.6 Å². The first-order chi connectivity index (χ1) is 13.2. The summed E-state index contributed by atoms with van der Waals surface area (Å²) in [5.41, 5.74) is 8.00. The lowest BCUT2D eigenvalue weighted by atomic mass is 9.86. The van der Waals surface area contributed by atoms with Crippen LogP contribution in [0.4, 0.5) is 11.8 Å². The number of aromatic nitrogens is 2. The third-order valence-electron chi connectivity index (χ3n) is 4.71. The van der Waals surface area contributed by atoms with Crippen molar-refractivity contribution in [3.63, 3.8) is 0 Å². The molecular weight excluding hydrogens is 342 g/mol. The molecule has 0 saturated heterocycles. The van der Waals surface area contributed by atoms with Crippen LogP contribution in [0, 0.1) is 5.92 Å². The van der Waals surface area contributed by atoms with Crippen molar-refractivity contribution < 1.29 is 9.84 Å². The van der Waals surface area contributed by atoms with Crippen molar-refractivity contribution in [2.24, 2.45) is 10.9 Å². The number of anilines is 2. The minimum atomic E-state index is 0.102. The molecule has 1 aliphatic heterocycles. The predicted molar refractivity (Wildman–Crippen MR) is 108 cm³/mol. The number of allylic oxidation sites excluding steroid dienone is 5. The van der Waals surface area contributed by atoms with Gasteiger partial charge in [-0.05, 0) is 30.9 Å². The van der Waals surface area contributed by atoms with Crippen LogP contribution >= 0.6 is 0 Å². The monoisotopic (exact) mass is 369 g/mol. The number of nitrogens with zero attached hydrogens (tertiary/aromatic N) is 3. The highest BCUT2D eigenvalue weighted by Crippen LogP contribution is 2.28. The number of hydrogen-bond donors (Lipinski definition) is 3. The van der Waals surface area contributed by atoms with Crippen LogP contribution in [0.2, 0.25) is 0 Å². The average Bonchev–Trinajstić information content (AvgIpc) is 2.68. The van der Waals surface area contributed by atoms with E-state index in [1.807, 2.05) is 12.3 Å². The zero-order chi connectivity index (χ0) is 19.1. The fraction of sp³-hybridized carbons (Fsp3) is 0.450. The third-order valence-corrected chi connectivity index (χ3v) is 4.71. The van der Waals surface area contributed by atoms with Crippen LogP contribution in [0.3, 0.4) is 0 Å². The molecule has 7 heteroatoms. The van der Waals surface area contributed by atoms with E-state index in [-0.39, 0.29) is 24.5 Å². The molecule has 1 unspecified atom stereocenters. The Morgan fingerprint density at radius 2 is 2.30 bits per heavy atom. The Morgan fingerprint density at radius 3 is 3.11 bits per heavy atom. The van der Waals surface area contributed by atoms with Crippen molar-refractivity contribution >= 4 is 17.5 Å². The molecule has 0 saturated carbocycles. The van der Waals surface area contributed by atoms with E-state index in [0.717, 1.165) is 25.0 Å². The zero-order valence-corrected chi connectivity index (χ0v) is 15.6. The molecule has 0 radical (unpaired) electrons. The molecule has 0 aromatic carbocycles. The molecule has 7 nitrogen and oxygen atoms in total. The number of ether oxygens (including phenoxy) is 1. The number of nitrogens with one attached hydrogen (secondary N) is 1. The van der Waals surface area contributed by atoms with Crippen LogP contribution in [-0.4, -0.2) is 40.0 Å². The Hall–Kier alpha value is -2.67. The second kappa shape index (κ2) is 9.32. The zero-order valence-electron chi connectivity index (χ0n) is 15.6. The minimum absolute atomic E-state index is 0.102. The Kier molecular flexibility index (Phi) is 6.59. The Balaban J connectivity index is 1.71. The minimum Gasteiger partial charge on any atom is -0.482 e. The van der Waals surface area contributed by atoms with Crippen molar-refractivity contribution in [2.75, 3.05) is 24.3 Å². The lowest BCUT2D eigenvalue weighted by molar-refractivity contribution is 0.276. The molecule has 27 heavy (non-hydrogen) atoms. The van der Waals surface area contributed by atoms with Crippen LogP contribution in [0.15, 0.2) is 47.3 Å². The second-order valence-electron chi connectivity index (χ2n) is 6.69. The van der Waals surface area contributed by atoms with Crippen molar-refractivity contribution in [2.45, 2.75) is 38.6 Å². The summed E-state index contributed by atoms with van der Waals surface area (Å²) in [6, 6.07) is 0.102. The first kappa shape index (κ1) is 19.1. The summed E-state index contributed by atoms with van der Waals surface area (Å²) in [6.45, 7) is 2.58. The van der Waals surface area contributed by atoms with Gasteiger partial charge in [0, 0.05) is 24.8 Å². The maximum Gasteiger partial charge on any atom is 0.222 e. The van der Waals surface area contributed by atoms with Crippen LogP contribution in [0.25, 0.3) is 0 Å². The molecule has 1 aromatic rings. The normalized spacial score (nSPS) is 19.1. The van der Waals surface area contributed by atoms with Gasteiger partial charge in [0.05, 0.1) is 11.9 Å². The van der Waals surface area contributed by atoms with Crippen molar-refractivity contribution in [1.82, 2.24) is 9.97 Å². The van der Waals surface area contributed by atoms with Crippen LogP contribution in [-0.2, 0) is 0 Å². The van der Waals surface area contributed by atoms with Crippen LogP contribution in [0.5, 0.6) is 5.75 Å². The van der Waals surface area contributed by atoms with Gasteiger partial charge in [0.2, 0.25) is 5.95 Å². The molecule has 2 atom stereocenters. The molecule has 144 valence electrons. The molecule has 0 bridgehead atoms. The summed E-state index contributed by atoms with van der Waals surface area (Å²) in [6.07, 6.45) is 15.3. The molecule has 3 rings (SSSR count). The standard InChI is InChI=1S/C20H27N5O2/c1-2-5-15(9-11-26)24-19-18(12-23-20(21)25-19)27-13-17-16-7-4-3-6-14(16)8-10-22-17/h3-4,6,8,10,12,15-16,26H,2,5,7,9,11,13H2,1H3,(H3,21,23,24,25)/t15-,16?/m0/s1. The maximum atomic E-state index is 9.29. The third kappa shape index (κ3) is 4.95. The lowest BCUT2D eigenvalue weighted by Gasteiger charge is -2.24. The van der Waals surface area contributed by atoms with Gasteiger partial charge < -0.3 is 20.9 Å². The van der Waals surface area contributed by atoms with Gasteiger partial charge in [0.15, 0.2) is 11.6 Å². The second-order valence-corrected chi connectivity index (χ2v) is 6.69. The van der Waals surface area contributed by atoms with Gasteiger partial charge in [0.1, 0.15) is 6.61 Å². The summed E-state index contributed by atoms with van der Waals surface area (Å²) < 4.78 is 6.02. The Bertz CT molecular complexity index is 764. The number of fused-ring (bicyclic) bond motifs is 1. The number of nitrogens with two attached hydrogens (primary N) is 1. The number of nitrogen functional groups attached to an aromatic ring is 1. The SMILES string of the molecule is CCC[C@@H](CCO)Nc1nc(N)ncc1OCC1=NC=CC2=CC=CCC21. The smallest absolute Gasteiger partial charge is 0.222 e. The molecule has 2 heterocycles. The van der Waals surface area contributed by atoms with Crippen molar-refractivity contribution in [3.8, 4) is 5.75 Å². The molecule has 0 spiro atoms. The number of aliphatic imine (C=N–C) groups is 1. The molecule has 4 N–H and O–H groups in total. The maximum absolute atomic E-state index is 9.29. The van der Waals surface area contributed by atoms with E-state index >= 15 is 0 Å². The van der Waals surface area contributed by atoms with Gasteiger partial charge in [-0.2, -0.15) is 4.98 Å². The van der Waals surface area contributed by atoms with Crippen LogP contribution < -0.4 is 15.8 Å². The summed E-state index contributed by atoms with van der Waals surface area (Å²) in [7, 11) is 0. The van der Waals surface area contributed by atoms with Gasteiger partial charge in [-0.15, -0.1) is 0 Å². The molecule has 0 fully saturated rings. The lowest BCUT2D eigenvalue weighted by Crippen LogP contribution is -2.26. The highest BCUT2D eigenvalue weighted by atomic mass is 16.5. The fourth-order valence-electron chi connectivity index (χ4n) is 3.32. The van der Waals surface area contributed by atoms with E-state index in [2.05, 4.69) is 45.4 Å². The Morgan fingerprint density at radius 1 is 1.41 bits per heavy atom. The van der Waals surface area contributed by atoms with E-state index in [1.54, 1.807) is 6.20 Å². The summed E-state index contributed by atoms with van der Waals surface area (Å²) in [5, 5.41) is 12.6. The van der Waals surface area contributed by atoms with Gasteiger partial charge >= 0.3 is 0 Å². The quantitative estimate of drug-likeness (QED) is 0.618. The van der Waals surface area contributed by atoms with E-state index < -0.39 is 0 Å². The van der Waals surface area contributed by atoms with E-state index in [1.165, 1.54) is 5.57 Å². The summed E-state index contributed by atoms with van der Waals surface area (Å²) >= 11 is 0. The summed E-state index contributed by atoms with van der Waals surface area (Å²) in [5.74, 6) is 1.54. The van der Waals surface area contributed by atoms with E-state index in [4.69, 9.17) is 10.5 Å². The highest BCUT2D eigenvalue weighted by Gasteiger charge is 2.23. The predicted octanol–water partition coefficient (Wildman–Crippen LogP) is 2.87. The topological polar surface area (TPSA) is 106 Å². The number of aliphatic hydroxyl groups excluding tert-OH is 1. The Labute approximate surface area is 159 Å². The van der Waals surface area contributed by atoms with Crippen molar-refractivity contribution in [1.29, 1.82) is 0 Å². The summed E-state index contributed by atoms with van der Waals surface area (Å²) in [4.78, 5) is 12.9. The molecule has 0 amide bonds. The molecule has 1 aliphatic carbocycles. The van der Waals surface area contributed by atoms with Gasteiger partial charge in [-0.3, -0.25) is 4.99 Å². The molecule has 1 aromatic heterocycles. The number of rotatable bonds is 9. The highest BCUT2D eigenvalue weighted by molar-refractivity contribution is 5.93. The van der Waals surface area contributed by atoms with E-state index in [0.29, 0.717) is 24.6 Å². The first-order valence-corrected chi connectivity index (χ1v) is 9.43. The number of hydrogen-bond acceptors (Lipinski definition) is 7. The fourth-order valence-corrected chi connectivity index (χ4v) is 3.32. The van der Waals surface area contributed by atoms with Gasteiger partial charge in [0.25, 0.3) is 0 Å². The molecule has 2 aliphatic rings. The van der Waals surface area contributed by atoms with E-state index in [9.17, 15) is 5.11 Å². The van der Waals surface area contributed by atoms with Gasteiger partial charge in [-0.25, -0.2) is 4.98 Å². The first-order valence-electron chi connectivity index (χ1n) is 9.43. The average molecular weight is 369 g/mol. The largest absolute Gasteiger partial charge is 0.482 e. The van der Waals surface area contributed by atoms with Crippen molar-refractivity contribution in [3.05, 3.63) is 42.3 Å². The molecular formula is C20H27N5O2.